The number of hydrogen-bond acceptors (Lipinski definition) is 6. The van der Waals surface area contributed by atoms with Gasteiger partial charge in [0.15, 0.2) is 0 Å². The van der Waals surface area contributed by atoms with Crippen LogP contribution in [0, 0.1) is 0 Å². The monoisotopic (exact) mass is 382 g/mol. The molecule has 0 unspecified atom stereocenters. The van der Waals surface area contributed by atoms with E-state index in [0.717, 1.165) is 5.56 Å². The number of nitrogens with zero attached hydrogens (tertiary/aromatic N) is 1. The Kier molecular flexibility index (Phi) is 6.17. The first-order valence-corrected chi connectivity index (χ1v) is 9.19. The summed E-state index contributed by atoms with van der Waals surface area (Å²) in [6.07, 6.45) is 0.172. The second-order valence-corrected chi connectivity index (χ2v) is 6.71. The highest BCUT2D eigenvalue weighted by atomic mass is 32.1. The number of benzene rings is 2. The SMILES string of the molecule is O=C(Cc1nc(COC(=O)c2ccccc2O)cs1)NCc1ccccc1. The number of esters is 1. The topological polar surface area (TPSA) is 88.5 Å². The van der Waals surface area contributed by atoms with E-state index in [1.165, 1.54) is 23.5 Å². The molecule has 138 valence electrons. The minimum Gasteiger partial charge on any atom is -0.507 e. The van der Waals surface area contributed by atoms with Gasteiger partial charge in [-0.1, -0.05) is 42.5 Å². The van der Waals surface area contributed by atoms with Crippen LogP contribution in [-0.2, 0) is 29.1 Å². The minimum atomic E-state index is -0.622. The van der Waals surface area contributed by atoms with Crippen molar-refractivity contribution in [2.45, 2.75) is 19.6 Å². The highest BCUT2D eigenvalue weighted by molar-refractivity contribution is 7.09. The second kappa shape index (κ2) is 8.95. The minimum absolute atomic E-state index is 0.0185. The molecule has 2 aromatic carbocycles. The molecule has 0 radical (unpaired) electrons. The maximum atomic E-state index is 12.0. The van der Waals surface area contributed by atoms with Crippen molar-refractivity contribution in [2.24, 2.45) is 0 Å². The molecule has 0 saturated heterocycles. The normalized spacial score (nSPS) is 10.4. The summed E-state index contributed by atoms with van der Waals surface area (Å²) >= 11 is 1.34. The number of ether oxygens (including phenoxy) is 1. The van der Waals surface area contributed by atoms with Crippen molar-refractivity contribution in [2.75, 3.05) is 0 Å². The van der Waals surface area contributed by atoms with Crippen LogP contribution in [0.2, 0.25) is 0 Å². The summed E-state index contributed by atoms with van der Waals surface area (Å²) in [5.74, 6) is -0.870. The van der Waals surface area contributed by atoms with Crippen molar-refractivity contribution in [3.8, 4) is 5.75 Å². The molecular formula is C20H18N2O4S. The molecule has 0 fully saturated rings. The summed E-state index contributed by atoms with van der Waals surface area (Å²) in [6, 6.07) is 15.8. The molecule has 7 heteroatoms. The molecule has 0 aliphatic rings. The Labute approximate surface area is 160 Å². The number of phenolic OH excluding ortho intramolecular Hbond substituents is 1. The van der Waals surface area contributed by atoms with Crippen molar-refractivity contribution in [1.82, 2.24) is 10.3 Å². The van der Waals surface area contributed by atoms with E-state index in [-0.39, 0.29) is 30.2 Å². The molecule has 1 heterocycles. The van der Waals surface area contributed by atoms with Gasteiger partial charge >= 0.3 is 5.97 Å². The Balaban J connectivity index is 1.47. The second-order valence-electron chi connectivity index (χ2n) is 5.76. The quantitative estimate of drug-likeness (QED) is 0.613. The fraction of sp³-hybridized carbons (Fsp3) is 0.150. The summed E-state index contributed by atoms with van der Waals surface area (Å²) < 4.78 is 5.16. The number of nitrogens with one attached hydrogen (secondary N) is 1. The number of hydrogen-bond donors (Lipinski definition) is 2. The fourth-order valence-electron chi connectivity index (χ4n) is 2.36. The zero-order valence-electron chi connectivity index (χ0n) is 14.4. The first kappa shape index (κ1) is 18.6. The molecule has 0 atom stereocenters. The maximum absolute atomic E-state index is 12.0. The Morgan fingerprint density at radius 2 is 1.81 bits per heavy atom. The molecule has 3 rings (SSSR count). The molecule has 6 nitrogen and oxygen atoms in total. The van der Waals surface area contributed by atoms with Gasteiger partial charge < -0.3 is 15.2 Å². The lowest BCUT2D eigenvalue weighted by atomic mass is 10.2. The van der Waals surface area contributed by atoms with Crippen LogP contribution in [0.1, 0.15) is 26.6 Å². The number of para-hydroxylation sites is 1. The molecule has 0 aliphatic carbocycles. The number of carbonyl (C=O) groups is 2. The largest absolute Gasteiger partial charge is 0.507 e. The number of carbonyl (C=O) groups excluding carboxylic acids is 2. The van der Waals surface area contributed by atoms with E-state index in [0.29, 0.717) is 17.2 Å². The molecule has 2 N–H and O–H groups in total. The lowest BCUT2D eigenvalue weighted by Crippen LogP contribution is -2.24. The lowest BCUT2D eigenvalue weighted by Gasteiger charge is -2.05. The first-order chi connectivity index (χ1) is 13.1. The summed E-state index contributed by atoms with van der Waals surface area (Å²) in [7, 11) is 0. The molecule has 3 aromatic rings. The fourth-order valence-corrected chi connectivity index (χ4v) is 3.13. The molecule has 1 aromatic heterocycles. The number of aromatic nitrogens is 1. The molecule has 0 saturated carbocycles. The number of phenols is 1. The van der Waals surface area contributed by atoms with Gasteiger partial charge in [-0.3, -0.25) is 4.79 Å². The van der Waals surface area contributed by atoms with Crippen LogP contribution in [0.3, 0.4) is 0 Å². The Hall–Kier alpha value is -3.19. The molecule has 27 heavy (non-hydrogen) atoms. The number of aromatic hydroxyl groups is 1. The first-order valence-electron chi connectivity index (χ1n) is 8.31. The zero-order chi connectivity index (χ0) is 19.1. The van der Waals surface area contributed by atoms with Gasteiger partial charge in [-0.05, 0) is 17.7 Å². The molecule has 0 spiro atoms. The summed E-state index contributed by atoms with van der Waals surface area (Å²) in [6.45, 7) is 0.450. The molecule has 0 aliphatic heterocycles. The van der Waals surface area contributed by atoms with Gasteiger partial charge in [0.2, 0.25) is 5.91 Å². The van der Waals surface area contributed by atoms with Crippen molar-refractivity contribution in [3.05, 3.63) is 81.8 Å². The summed E-state index contributed by atoms with van der Waals surface area (Å²) in [5.41, 5.74) is 1.70. The van der Waals surface area contributed by atoms with Crippen LogP contribution >= 0.6 is 11.3 Å². The zero-order valence-corrected chi connectivity index (χ0v) is 15.2. The van der Waals surface area contributed by atoms with Crippen molar-refractivity contribution in [3.63, 3.8) is 0 Å². The van der Waals surface area contributed by atoms with Crippen LogP contribution in [0.25, 0.3) is 0 Å². The van der Waals surface area contributed by atoms with E-state index in [2.05, 4.69) is 10.3 Å². The Morgan fingerprint density at radius 3 is 2.59 bits per heavy atom. The third kappa shape index (κ3) is 5.39. The van der Waals surface area contributed by atoms with Crippen LogP contribution in [0.5, 0.6) is 5.75 Å². The third-order valence-electron chi connectivity index (χ3n) is 3.72. The van der Waals surface area contributed by atoms with Crippen molar-refractivity contribution in [1.29, 1.82) is 0 Å². The number of rotatable bonds is 7. The van der Waals surface area contributed by atoms with Gasteiger partial charge in [0.05, 0.1) is 12.1 Å². The number of thiazole rings is 1. The summed E-state index contributed by atoms with van der Waals surface area (Å²) in [4.78, 5) is 28.3. The predicted octanol–water partition coefficient (Wildman–Crippen LogP) is 3.06. The molecule has 0 bridgehead atoms. The van der Waals surface area contributed by atoms with Gasteiger partial charge in [0.1, 0.15) is 22.9 Å². The van der Waals surface area contributed by atoms with E-state index < -0.39 is 5.97 Å². The Morgan fingerprint density at radius 1 is 1.07 bits per heavy atom. The van der Waals surface area contributed by atoms with Crippen LogP contribution in [0.4, 0.5) is 0 Å². The van der Waals surface area contributed by atoms with Crippen molar-refractivity contribution >= 4 is 23.2 Å². The predicted molar refractivity (Wildman–Crippen MR) is 101 cm³/mol. The van der Waals surface area contributed by atoms with Crippen LogP contribution in [-0.4, -0.2) is 22.0 Å². The van der Waals surface area contributed by atoms with Crippen LogP contribution in [0.15, 0.2) is 60.0 Å². The highest BCUT2D eigenvalue weighted by Gasteiger charge is 2.13. The van der Waals surface area contributed by atoms with Crippen LogP contribution < -0.4 is 5.32 Å². The van der Waals surface area contributed by atoms with Gasteiger partial charge in [-0.25, -0.2) is 9.78 Å². The van der Waals surface area contributed by atoms with Crippen molar-refractivity contribution < 1.29 is 19.4 Å². The molecular weight excluding hydrogens is 364 g/mol. The van der Waals surface area contributed by atoms with E-state index >= 15 is 0 Å². The highest BCUT2D eigenvalue weighted by Crippen LogP contribution is 2.18. The average molecular weight is 382 g/mol. The average Bonchev–Trinajstić information content (AvgIpc) is 3.13. The smallest absolute Gasteiger partial charge is 0.342 e. The number of amides is 1. The molecule has 1 amide bonds. The van der Waals surface area contributed by atoms with E-state index in [4.69, 9.17) is 4.74 Å². The standard InChI is InChI=1S/C20H18N2O4S/c23-17-9-5-4-8-16(17)20(25)26-12-15-13-27-19(22-15)10-18(24)21-11-14-6-2-1-3-7-14/h1-9,13,23H,10-12H2,(H,21,24). The Bertz CT molecular complexity index is 924. The van der Waals surface area contributed by atoms with E-state index in [9.17, 15) is 14.7 Å². The third-order valence-corrected chi connectivity index (χ3v) is 4.62. The maximum Gasteiger partial charge on any atom is 0.342 e. The van der Waals surface area contributed by atoms with Gasteiger partial charge in [0, 0.05) is 11.9 Å². The van der Waals surface area contributed by atoms with Gasteiger partial charge in [0.25, 0.3) is 0 Å². The summed E-state index contributed by atoms with van der Waals surface area (Å²) in [5, 5.41) is 14.9. The lowest BCUT2D eigenvalue weighted by molar-refractivity contribution is -0.120. The van der Waals surface area contributed by atoms with E-state index in [1.54, 1.807) is 17.5 Å². The van der Waals surface area contributed by atoms with Gasteiger partial charge in [-0.15, -0.1) is 11.3 Å². The van der Waals surface area contributed by atoms with Gasteiger partial charge in [-0.2, -0.15) is 0 Å². The van der Waals surface area contributed by atoms with E-state index in [1.807, 2.05) is 30.3 Å².